The average Bonchev–Trinajstić information content (AvgIpc) is 2.25. The molecule has 1 aromatic rings. The molecule has 0 aliphatic rings. The van der Waals surface area contributed by atoms with Crippen molar-refractivity contribution in [2.75, 3.05) is 6.61 Å². The number of benzene rings is 1. The van der Waals surface area contributed by atoms with Gasteiger partial charge in [-0.15, -0.1) is 0 Å². The monoisotopic (exact) mass is 236 g/mol. The average molecular weight is 236 g/mol. The molecule has 17 heavy (non-hydrogen) atoms. The fourth-order valence-electron chi connectivity index (χ4n) is 1.91. The van der Waals surface area contributed by atoms with E-state index in [0.29, 0.717) is 6.61 Å². The predicted molar refractivity (Wildman–Crippen MR) is 67.1 cm³/mol. The van der Waals surface area contributed by atoms with E-state index in [1.54, 1.807) is 6.92 Å². The van der Waals surface area contributed by atoms with Gasteiger partial charge in [0.15, 0.2) is 5.60 Å². The maximum atomic E-state index is 11.4. The summed E-state index contributed by atoms with van der Waals surface area (Å²) in [4.78, 5) is 11.4. The number of aryl methyl sites for hydroxylation is 2. The van der Waals surface area contributed by atoms with Crippen molar-refractivity contribution in [3.63, 3.8) is 0 Å². The van der Waals surface area contributed by atoms with Crippen LogP contribution in [0.2, 0.25) is 0 Å². The number of hydrogen-bond acceptors (Lipinski definition) is 2. The van der Waals surface area contributed by atoms with Crippen molar-refractivity contribution in [3.05, 3.63) is 34.9 Å². The van der Waals surface area contributed by atoms with Crippen molar-refractivity contribution in [1.29, 1.82) is 0 Å². The molecule has 0 heterocycles. The van der Waals surface area contributed by atoms with E-state index in [2.05, 4.69) is 0 Å². The maximum Gasteiger partial charge on any atom is 0.340 e. The first-order valence-electron chi connectivity index (χ1n) is 5.87. The summed E-state index contributed by atoms with van der Waals surface area (Å²) in [6.45, 7) is 7.92. The van der Waals surface area contributed by atoms with E-state index in [-0.39, 0.29) is 0 Å². The van der Waals surface area contributed by atoms with E-state index in [1.165, 1.54) is 0 Å². The molecule has 0 spiro atoms. The van der Waals surface area contributed by atoms with E-state index in [4.69, 9.17) is 4.74 Å². The normalized spacial score (nSPS) is 14.4. The van der Waals surface area contributed by atoms with Crippen molar-refractivity contribution in [2.24, 2.45) is 0 Å². The fourth-order valence-corrected chi connectivity index (χ4v) is 1.91. The standard InChI is InChI=1S/C14H20O3/c1-5-8-17-14(4,13(15)16)12-7-6-10(2)9-11(12)3/h6-7,9H,5,8H2,1-4H3,(H,15,16). The Balaban J connectivity index is 3.17. The molecular formula is C14H20O3. The van der Waals surface area contributed by atoms with Crippen LogP contribution in [-0.2, 0) is 15.1 Å². The third-order valence-corrected chi connectivity index (χ3v) is 2.90. The van der Waals surface area contributed by atoms with Gasteiger partial charge in [0.05, 0.1) is 0 Å². The molecule has 1 N–H and O–H groups in total. The summed E-state index contributed by atoms with van der Waals surface area (Å²) in [6, 6.07) is 5.74. The largest absolute Gasteiger partial charge is 0.479 e. The molecule has 1 aromatic carbocycles. The lowest BCUT2D eigenvalue weighted by molar-refractivity contribution is -0.165. The lowest BCUT2D eigenvalue weighted by atomic mass is 9.90. The highest BCUT2D eigenvalue weighted by atomic mass is 16.5. The third-order valence-electron chi connectivity index (χ3n) is 2.90. The molecule has 0 saturated carbocycles. The number of carbonyl (C=O) groups is 1. The smallest absolute Gasteiger partial charge is 0.340 e. The lowest BCUT2D eigenvalue weighted by Crippen LogP contribution is -2.36. The van der Waals surface area contributed by atoms with E-state index in [0.717, 1.165) is 23.1 Å². The molecule has 0 bridgehead atoms. The van der Waals surface area contributed by atoms with Crippen LogP contribution in [0.4, 0.5) is 0 Å². The second-order valence-electron chi connectivity index (χ2n) is 4.51. The number of carboxylic acid groups (broad SMARTS) is 1. The zero-order chi connectivity index (χ0) is 13.1. The molecule has 0 aliphatic heterocycles. The second-order valence-corrected chi connectivity index (χ2v) is 4.51. The Morgan fingerprint density at radius 2 is 2.06 bits per heavy atom. The number of ether oxygens (including phenoxy) is 1. The summed E-state index contributed by atoms with van der Waals surface area (Å²) in [5.74, 6) is -0.946. The van der Waals surface area contributed by atoms with Crippen LogP contribution >= 0.6 is 0 Å². The van der Waals surface area contributed by atoms with E-state index < -0.39 is 11.6 Å². The van der Waals surface area contributed by atoms with Gasteiger partial charge >= 0.3 is 5.97 Å². The van der Waals surface area contributed by atoms with Gasteiger partial charge in [-0.2, -0.15) is 0 Å². The van der Waals surface area contributed by atoms with Gasteiger partial charge in [-0.05, 0) is 38.3 Å². The summed E-state index contributed by atoms with van der Waals surface area (Å²) in [6.07, 6.45) is 0.799. The Morgan fingerprint density at radius 3 is 2.53 bits per heavy atom. The number of hydrogen-bond donors (Lipinski definition) is 1. The van der Waals surface area contributed by atoms with Crippen LogP contribution in [0.5, 0.6) is 0 Å². The summed E-state index contributed by atoms with van der Waals surface area (Å²) < 4.78 is 5.55. The minimum absolute atomic E-state index is 0.441. The van der Waals surface area contributed by atoms with Crippen LogP contribution in [0.1, 0.15) is 37.0 Å². The van der Waals surface area contributed by atoms with Crippen LogP contribution < -0.4 is 0 Å². The summed E-state index contributed by atoms with van der Waals surface area (Å²) >= 11 is 0. The molecule has 0 amide bonds. The Hall–Kier alpha value is -1.35. The molecule has 3 heteroatoms. The molecule has 3 nitrogen and oxygen atoms in total. The van der Waals surface area contributed by atoms with Gasteiger partial charge in [-0.25, -0.2) is 4.79 Å². The van der Waals surface area contributed by atoms with Crippen molar-refractivity contribution < 1.29 is 14.6 Å². The Morgan fingerprint density at radius 1 is 1.41 bits per heavy atom. The maximum absolute atomic E-state index is 11.4. The predicted octanol–water partition coefficient (Wildman–Crippen LogP) is 3.03. The Kier molecular flexibility index (Phi) is 4.29. The number of carboxylic acids is 1. The highest BCUT2D eigenvalue weighted by Gasteiger charge is 2.37. The molecular weight excluding hydrogens is 216 g/mol. The van der Waals surface area contributed by atoms with Gasteiger partial charge < -0.3 is 9.84 Å². The third kappa shape index (κ3) is 2.86. The summed E-state index contributed by atoms with van der Waals surface area (Å²) in [7, 11) is 0. The van der Waals surface area contributed by atoms with Crippen LogP contribution in [0.3, 0.4) is 0 Å². The Labute approximate surface area is 102 Å². The van der Waals surface area contributed by atoms with E-state index in [9.17, 15) is 9.90 Å². The topological polar surface area (TPSA) is 46.5 Å². The summed E-state index contributed by atoms with van der Waals surface area (Å²) in [5.41, 5.74) is 1.54. The van der Waals surface area contributed by atoms with Crippen LogP contribution in [0.25, 0.3) is 0 Å². The molecule has 1 unspecified atom stereocenters. The zero-order valence-electron chi connectivity index (χ0n) is 10.9. The molecule has 0 aliphatic carbocycles. The fraction of sp³-hybridized carbons (Fsp3) is 0.500. The van der Waals surface area contributed by atoms with Gasteiger partial charge in [0, 0.05) is 6.61 Å². The Bertz CT molecular complexity index is 412. The van der Waals surface area contributed by atoms with Crippen molar-refractivity contribution in [2.45, 2.75) is 39.7 Å². The molecule has 1 atom stereocenters. The van der Waals surface area contributed by atoms with E-state index >= 15 is 0 Å². The van der Waals surface area contributed by atoms with E-state index in [1.807, 2.05) is 39.0 Å². The SMILES string of the molecule is CCCOC(C)(C(=O)O)c1ccc(C)cc1C. The van der Waals surface area contributed by atoms with Gasteiger partial charge in [0.1, 0.15) is 0 Å². The summed E-state index contributed by atoms with van der Waals surface area (Å²) in [5, 5.41) is 9.38. The highest BCUT2D eigenvalue weighted by Crippen LogP contribution is 2.29. The zero-order valence-corrected chi connectivity index (χ0v) is 10.9. The van der Waals surface area contributed by atoms with Gasteiger partial charge in [-0.3, -0.25) is 0 Å². The van der Waals surface area contributed by atoms with Gasteiger partial charge in [0.2, 0.25) is 0 Å². The number of rotatable bonds is 5. The van der Waals surface area contributed by atoms with Crippen LogP contribution in [0, 0.1) is 13.8 Å². The quantitative estimate of drug-likeness (QED) is 0.854. The van der Waals surface area contributed by atoms with Crippen LogP contribution in [-0.4, -0.2) is 17.7 Å². The van der Waals surface area contributed by atoms with Crippen molar-refractivity contribution in [3.8, 4) is 0 Å². The minimum atomic E-state index is -1.26. The molecule has 0 radical (unpaired) electrons. The molecule has 94 valence electrons. The minimum Gasteiger partial charge on any atom is -0.479 e. The highest BCUT2D eigenvalue weighted by molar-refractivity contribution is 5.79. The lowest BCUT2D eigenvalue weighted by Gasteiger charge is -2.27. The first kappa shape index (κ1) is 13.7. The van der Waals surface area contributed by atoms with Gasteiger partial charge in [0.25, 0.3) is 0 Å². The molecule has 0 fully saturated rings. The van der Waals surface area contributed by atoms with Crippen molar-refractivity contribution in [1.82, 2.24) is 0 Å². The van der Waals surface area contributed by atoms with Crippen LogP contribution in [0.15, 0.2) is 18.2 Å². The first-order valence-corrected chi connectivity index (χ1v) is 5.87. The molecule has 0 aromatic heterocycles. The first-order chi connectivity index (χ1) is 7.91. The molecule has 1 rings (SSSR count). The second kappa shape index (κ2) is 5.32. The molecule has 0 saturated heterocycles. The van der Waals surface area contributed by atoms with Crippen molar-refractivity contribution >= 4 is 5.97 Å². The number of aliphatic carboxylic acids is 1. The van der Waals surface area contributed by atoms with Gasteiger partial charge in [-0.1, -0.05) is 30.7 Å².